The highest BCUT2D eigenvalue weighted by Crippen LogP contribution is 2.40. The second-order valence-corrected chi connectivity index (χ2v) is 4.61. The van der Waals surface area contributed by atoms with Gasteiger partial charge in [0, 0.05) is 6.54 Å². The lowest BCUT2D eigenvalue weighted by atomic mass is 9.86. The number of alkyl halides is 4. The van der Waals surface area contributed by atoms with Crippen LogP contribution in [0.3, 0.4) is 0 Å². The lowest BCUT2D eigenvalue weighted by molar-refractivity contribution is -0.187. The van der Waals surface area contributed by atoms with E-state index in [-0.39, 0.29) is 18.9 Å². The van der Waals surface area contributed by atoms with Gasteiger partial charge in [-0.3, -0.25) is 0 Å². The third-order valence-electron chi connectivity index (χ3n) is 2.92. The molecule has 1 aliphatic rings. The Hall–Kier alpha value is -0.560. The third-order valence-corrected chi connectivity index (χ3v) is 3.48. The molecule has 0 saturated carbocycles. The molecule has 0 radical (unpaired) electrons. The number of hydrogen-bond acceptors (Lipinski definition) is 3. The van der Waals surface area contributed by atoms with Crippen LogP contribution in [0.5, 0.6) is 0 Å². The van der Waals surface area contributed by atoms with Crippen molar-refractivity contribution in [2.75, 3.05) is 13.1 Å². The van der Waals surface area contributed by atoms with Gasteiger partial charge in [-0.1, -0.05) is 15.9 Å². The molecule has 2 unspecified atom stereocenters. The molecular weight excluding hydrogens is 301 g/mol. The van der Waals surface area contributed by atoms with Gasteiger partial charge in [0.25, 0.3) is 0 Å². The molecule has 0 aliphatic carbocycles. The summed E-state index contributed by atoms with van der Waals surface area (Å²) in [5.74, 6) is -1.37. The first-order chi connectivity index (χ1) is 8.02. The highest BCUT2D eigenvalue weighted by Gasteiger charge is 2.47. The van der Waals surface area contributed by atoms with Crippen molar-refractivity contribution < 1.29 is 17.6 Å². The highest BCUT2D eigenvalue weighted by atomic mass is 79.9. The number of hydrogen-bond donors (Lipinski definition) is 1. The van der Waals surface area contributed by atoms with E-state index in [2.05, 4.69) is 26.2 Å². The average molecular weight is 313 g/mol. The van der Waals surface area contributed by atoms with Crippen molar-refractivity contribution in [3.63, 3.8) is 0 Å². The normalized spacial score (nSPS) is 26.1. The summed E-state index contributed by atoms with van der Waals surface area (Å²) < 4.78 is 43.9. The second-order valence-electron chi connectivity index (χ2n) is 4.05. The quantitative estimate of drug-likeness (QED) is 0.853. The van der Waals surface area contributed by atoms with E-state index in [9.17, 15) is 13.2 Å². The molecule has 2 atom stereocenters. The third kappa shape index (κ3) is 2.82. The predicted octanol–water partition coefficient (Wildman–Crippen LogP) is 2.82. The van der Waals surface area contributed by atoms with Gasteiger partial charge in [-0.25, -0.2) is 4.98 Å². The number of rotatable bonds is 2. The van der Waals surface area contributed by atoms with Crippen molar-refractivity contribution in [3.8, 4) is 0 Å². The van der Waals surface area contributed by atoms with Crippen molar-refractivity contribution in [1.29, 1.82) is 0 Å². The predicted molar refractivity (Wildman–Crippen MR) is 58.9 cm³/mol. The average Bonchev–Trinajstić information content (AvgIpc) is 2.76. The Labute approximate surface area is 105 Å². The summed E-state index contributed by atoms with van der Waals surface area (Å²) in [6.45, 7) is 0.638. The molecule has 0 amide bonds. The Kier molecular flexibility index (Phi) is 3.77. The molecule has 1 aliphatic heterocycles. The summed E-state index contributed by atoms with van der Waals surface area (Å²) in [6, 6.07) is 0. The van der Waals surface area contributed by atoms with E-state index in [1.807, 2.05) is 0 Å². The first kappa shape index (κ1) is 12.9. The van der Waals surface area contributed by atoms with Crippen LogP contribution in [0.2, 0.25) is 0 Å². The number of halogens is 4. The van der Waals surface area contributed by atoms with Gasteiger partial charge in [-0.15, -0.1) is 0 Å². The Morgan fingerprint density at radius 1 is 1.53 bits per heavy atom. The largest absolute Gasteiger partial charge is 0.444 e. The van der Waals surface area contributed by atoms with E-state index in [0.717, 1.165) is 0 Å². The first-order valence-corrected chi connectivity index (χ1v) is 6.42. The van der Waals surface area contributed by atoms with Crippen LogP contribution in [0.25, 0.3) is 0 Å². The molecule has 17 heavy (non-hydrogen) atoms. The van der Waals surface area contributed by atoms with Gasteiger partial charge in [-0.2, -0.15) is 13.2 Å². The lowest BCUT2D eigenvalue weighted by Gasteiger charge is -2.31. The van der Waals surface area contributed by atoms with E-state index in [1.54, 1.807) is 0 Å². The van der Waals surface area contributed by atoms with E-state index >= 15 is 0 Å². The first-order valence-electron chi connectivity index (χ1n) is 5.30. The smallest absolute Gasteiger partial charge is 0.392 e. The fourth-order valence-electron chi connectivity index (χ4n) is 2.07. The second kappa shape index (κ2) is 4.97. The van der Waals surface area contributed by atoms with Gasteiger partial charge >= 0.3 is 6.18 Å². The van der Waals surface area contributed by atoms with E-state index < -0.39 is 18.0 Å². The standard InChI is InChI=1S/C10H12BrF3N2O/c11-3-6-4-16-9(17-6)7-5-15-2-1-8(7)10(12,13)14/h4,7-8,15H,1-3,5H2. The van der Waals surface area contributed by atoms with Crippen molar-refractivity contribution in [2.45, 2.75) is 23.8 Å². The van der Waals surface area contributed by atoms with Crippen LogP contribution in [-0.2, 0) is 5.33 Å². The van der Waals surface area contributed by atoms with Gasteiger partial charge in [0.15, 0.2) is 5.89 Å². The molecule has 0 spiro atoms. The summed E-state index contributed by atoms with van der Waals surface area (Å²) in [7, 11) is 0. The van der Waals surface area contributed by atoms with Gasteiger partial charge in [0.2, 0.25) is 0 Å². The number of oxazole rings is 1. The van der Waals surface area contributed by atoms with Crippen LogP contribution in [0.15, 0.2) is 10.6 Å². The van der Waals surface area contributed by atoms with Crippen LogP contribution in [0.4, 0.5) is 13.2 Å². The molecule has 0 bridgehead atoms. The zero-order valence-corrected chi connectivity index (χ0v) is 10.5. The zero-order valence-electron chi connectivity index (χ0n) is 8.93. The lowest BCUT2D eigenvalue weighted by Crippen LogP contribution is -2.42. The summed E-state index contributed by atoms with van der Waals surface area (Å²) in [5, 5.41) is 3.41. The minimum atomic E-state index is -4.20. The molecule has 2 heterocycles. The number of aromatic nitrogens is 1. The zero-order chi connectivity index (χ0) is 12.5. The summed E-state index contributed by atoms with van der Waals surface area (Å²) in [6.07, 6.45) is -2.66. The Morgan fingerprint density at radius 3 is 2.88 bits per heavy atom. The molecular formula is C10H12BrF3N2O. The molecule has 1 aromatic rings. The van der Waals surface area contributed by atoms with Crippen molar-refractivity contribution in [2.24, 2.45) is 5.92 Å². The summed E-state index contributed by atoms with van der Waals surface area (Å²) in [5.41, 5.74) is 0. The van der Waals surface area contributed by atoms with Crippen LogP contribution in [0, 0.1) is 5.92 Å². The monoisotopic (exact) mass is 312 g/mol. The molecule has 1 N–H and O–H groups in total. The van der Waals surface area contributed by atoms with Crippen LogP contribution in [0.1, 0.15) is 24.0 Å². The molecule has 1 fully saturated rings. The van der Waals surface area contributed by atoms with Crippen LogP contribution >= 0.6 is 15.9 Å². The minimum Gasteiger partial charge on any atom is -0.444 e. The van der Waals surface area contributed by atoms with Gasteiger partial charge in [0.1, 0.15) is 5.76 Å². The molecule has 0 aromatic carbocycles. The summed E-state index contributed by atoms with van der Waals surface area (Å²) in [4.78, 5) is 3.94. The molecule has 1 aromatic heterocycles. The SMILES string of the molecule is FC(F)(F)C1CCNCC1c1ncc(CBr)o1. The van der Waals surface area contributed by atoms with Gasteiger partial charge in [0.05, 0.1) is 23.4 Å². The Balaban J connectivity index is 2.21. The molecule has 96 valence electrons. The van der Waals surface area contributed by atoms with Crippen molar-refractivity contribution in [3.05, 3.63) is 17.8 Å². The van der Waals surface area contributed by atoms with E-state index in [1.165, 1.54) is 6.20 Å². The van der Waals surface area contributed by atoms with Gasteiger partial charge in [-0.05, 0) is 13.0 Å². The van der Waals surface area contributed by atoms with Crippen molar-refractivity contribution >= 4 is 15.9 Å². The molecule has 1 saturated heterocycles. The highest BCUT2D eigenvalue weighted by molar-refractivity contribution is 9.08. The Morgan fingerprint density at radius 2 is 2.29 bits per heavy atom. The summed E-state index contributed by atoms with van der Waals surface area (Å²) >= 11 is 3.18. The van der Waals surface area contributed by atoms with Crippen LogP contribution < -0.4 is 5.32 Å². The number of piperidine rings is 1. The Bertz CT molecular complexity index is 380. The topological polar surface area (TPSA) is 38.1 Å². The van der Waals surface area contributed by atoms with E-state index in [0.29, 0.717) is 17.6 Å². The maximum Gasteiger partial charge on any atom is 0.392 e. The van der Waals surface area contributed by atoms with Crippen LogP contribution in [-0.4, -0.2) is 24.2 Å². The number of nitrogens with zero attached hydrogens (tertiary/aromatic N) is 1. The minimum absolute atomic E-state index is 0.0696. The fraction of sp³-hybridized carbons (Fsp3) is 0.700. The molecule has 7 heteroatoms. The number of nitrogens with one attached hydrogen (secondary N) is 1. The van der Waals surface area contributed by atoms with Crippen molar-refractivity contribution in [1.82, 2.24) is 10.3 Å². The maximum absolute atomic E-state index is 12.9. The van der Waals surface area contributed by atoms with Gasteiger partial charge < -0.3 is 9.73 Å². The van der Waals surface area contributed by atoms with E-state index in [4.69, 9.17) is 4.42 Å². The molecule has 2 rings (SSSR count). The molecule has 3 nitrogen and oxygen atoms in total. The maximum atomic E-state index is 12.9. The fourth-order valence-corrected chi connectivity index (χ4v) is 2.32.